The van der Waals surface area contributed by atoms with Crippen LogP contribution in [0.2, 0.25) is 5.02 Å². The summed E-state index contributed by atoms with van der Waals surface area (Å²) in [6.07, 6.45) is 2.84. The molecule has 3 rings (SSSR count). The number of carbonyl (C=O) groups excluding carboxylic acids is 1. The third-order valence-corrected chi connectivity index (χ3v) is 5.21. The molecular formula is C23H24ClFN2O. The van der Waals surface area contributed by atoms with Crippen molar-refractivity contribution in [1.82, 2.24) is 9.47 Å². The standard InChI is InChI=1S/C23H24ClFN2O/c1-3-17(2)27(23(28)19-9-11-21(25)12-10-19)16-22-8-5-13-26(22)15-18-6-4-7-20(24)14-18/h4-14,17H,3,15-16H2,1-2H3. The van der Waals surface area contributed by atoms with Crippen molar-refractivity contribution in [3.8, 4) is 0 Å². The summed E-state index contributed by atoms with van der Waals surface area (Å²) in [5.41, 5.74) is 2.63. The molecule has 0 spiro atoms. The van der Waals surface area contributed by atoms with E-state index >= 15 is 0 Å². The Hall–Kier alpha value is -2.59. The van der Waals surface area contributed by atoms with E-state index in [4.69, 9.17) is 11.6 Å². The second-order valence-corrected chi connectivity index (χ2v) is 7.39. The number of aromatic nitrogens is 1. The molecule has 0 N–H and O–H groups in total. The van der Waals surface area contributed by atoms with Crippen molar-refractivity contribution < 1.29 is 9.18 Å². The summed E-state index contributed by atoms with van der Waals surface area (Å²) in [5, 5.41) is 0.707. The maximum Gasteiger partial charge on any atom is 0.254 e. The van der Waals surface area contributed by atoms with E-state index in [1.165, 1.54) is 24.3 Å². The first-order valence-corrected chi connectivity index (χ1v) is 9.80. The molecule has 0 aliphatic rings. The Kier molecular flexibility index (Phi) is 6.53. The van der Waals surface area contributed by atoms with Crippen LogP contribution in [-0.2, 0) is 13.1 Å². The third-order valence-electron chi connectivity index (χ3n) is 4.97. The third kappa shape index (κ3) is 4.82. The average Bonchev–Trinajstić information content (AvgIpc) is 3.12. The van der Waals surface area contributed by atoms with Crippen molar-refractivity contribution in [2.75, 3.05) is 0 Å². The van der Waals surface area contributed by atoms with E-state index in [0.29, 0.717) is 23.7 Å². The smallest absolute Gasteiger partial charge is 0.254 e. The van der Waals surface area contributed by atoms with Crippen LogP contribution >= 0.6 is 11.6 Å². The quantitative estimate of drug-likeness (QED) is 0.496. The lowest BCUT2D eigenvalue weighted by atomic mass is 10.1. The Balaban J connectivity index is 1.83. The molecule has 0 fully saturated rings. The molecule has 0 aliphatic heterocycles. The number of carbonyl (C=O) groups is 1. The van der Waals surface area contributed by atoms with E-state index in [2.05, 4.69) is 11.5 Å². The average molecular weight is 399 g/mol. The highest BCUT2D eigenvalue weighted by Gasteiger charge is 2.22. The Labute approximate surface area is 170 Å². The van der Waals surface area contributed by atoms with Gasteiger partial charge in [0.05, 0.1) is 6.54 Å². The Bertz CT molecular complexity index is 936. The van der Waals surface area contributed by atoms with Crippen LogP contribution in [0.15, 0.2) is 66.9 Å². The Morgan fingerprint density at radius 1 is 1.14 bits per heavy atom. The molecule has 0 radical (unpaired) electrons. The second-order valence-electron chi connectivity index (χ2n) is 6.95. The van der Waals surface area contributed by atoms with Gasteiger partial charge in [0.2, 0.25) is 0 Å². The molecule has 1 heterocycles. The van der Waals surface area contributed by atoms with Crippen LogP contribution < -0.4 is 0 Å². The second kappa shape index (κ2) is 9.07. The van der Waals surface area contributed by atoms with Gasteiger partial charge >= 0.3 is 0 Å². The van der Waals surface area contributed by atoms with Crippen molar-refractivity contribution in [3.05, 3.63) is 94.5 Å². The van der Waals surface area contributed by atoms with Crippen molar-refractivity contribution >= 4 is 17.5 Å². The van der Waals surface area contributed by atoms with Crippen LogP contribution in [0.5, 0.6) is 0 Å². The van der Waals surface area contributed by atoms with E-state index in [1.807, 2.05) is 54.4 Å². The largest absolute Gasteiger partial charge is 0.345 e. The molecule has 1 unspecified atom stereocenters. The lowest BCUT2D eigenvalue weighted by Crippen LogP contribution is -2.38. The van der Waals surface area contributed by atoms with Gasteiger partial charge in [0.1, 0.15) is 5.82 Å². The molecule has 0 aliphatic carbocycles. The first-order chi connectivity index (χ1) is 13.5. The number of hydrogen-bond acceptors (Lipinski definition) is 1. The van der Waals surface area contributed by atoms with Gasteiger partial charge in [0.25, 0.3) is 5.91 Å². The van der Waals surface area contributed by atoms with Crippen molar-refractivity contribution in [3.63, 3.8) is 0 Å². The normalized spacial score (nSPS) is 12.0. The fourth-order valence-electron chi connectivity index (χ4n) is 3.16. The predicted octanol–water partition coefficient (Wildman–Crippen LogP) is 5.77. The van der Waals surface area contributed by atoms with Gasteiger partial charge in [0.15, 0.2) is 0 Å². The SMILES string of the molecule is CCC(C)N(Cc1cccn1Cc1cccc(Cl)c1)C(=O)c1ccc(F)cc1. The Morgan fingerprint density at radius 2 is 1.89 bits per heavy atom. The highest BCUT2D eigenvalue weighted by molar-refractivity contribution is 6.30. The summed E-state index contributed by atoms with van der Waals surface area (Å²) in [4.78, 5) is 14.9. The zero-order chi connectivity index (χ0) is 20.1. The summed E-state index contributed by atoms with van der Waals surface area (Å²) in [5.74, 6) is -0.438. The topological polar surface area (TPSA) is 25.2 Å². The van der Waals surface area contributed by atoms with E-state index in [1.54, 1.807) is 0 Å². The van der Waals surface area contributed by atoms with E-state index < -0.39 is 0 Å². The van der Waals surface area contributed by atoms with Crippen LogP contribution in [0.4, 0.5) is 4.39 Å². The summed E-state index contributed by atoms with van der Waals surface area (Å²) in [6, 6.07) is 17.6. The van der Waals surface area contributed by atoms with Gasteiger partial charge in [0, 0.05) is 35.1 Å². The molecule has 3 nitrogen and oxygen atoms in total. The van der Waals surface area contributed by atoms with Crippen molar-refractivity contribution in [2.24, 2.45) is 0 Å². The zero-order valence-corrected chi connectivity index (χ0v) is 16.9. The molecule has 1 atom stereocenters. The first kappa shape index (κ1) is 20.2. The summed E-state index contributed by atoms with van der Waals surface area (Å²) in [6.45, 7) is 5.26. The van der Waals surface area contributed by atoms with Gasteiger partial charge in [-0.25, -0.2) is 4.39 Å². The lowest BCUT2D eigenvalue weighted by Gasteiger charge is -2.29. The number of benzene rings is 2. The minimum absolute atomic E-state index is 0.0621. The molecule has 0 saturated carbocycles. The van der Waals surface area contributed by atoms with Gasteiger partial charge in [-0.05, 0) is 67.4 Å². The number of hydrogen-bond donors (Lipinski definition) is 0. The van der Waals surface area contributed by atoms with E-state index in [0.717, 1.165) is 17.7 Å². The molecule has 1 amide bonds. The van der Waals surface area contributed by atoms with Crippen LogP contribution in [0.25, 0.3) is 0 Å². The molecule has 0 bridgehead atoms. The van der Waals surface area contributed by atoms with E-state index in [9.17, 15) is 9.18 Å². The fraction of sp³-hybridized carbons (Fsp3) is 0.261. The van der Waals surface area contributed by atoms with Crippen molar-refractivity contribution in [2.45, 2.75) is 39.4 Å². The molecule has 3 aromatic rings. The molecule has 5 heteroatoms. The highest BCUT2D eigenvalue weighted by Crippen LogP contribution is 2.18. The van der Waals surface area contributed by atoms with Crippen molar-refractivity contribution in [1.29, 1.82) is 0 Å². The summed E-state index contributed by atoms with van der Waals surface area (Å²) >= 11 is 6.10. The van der Waals surface area contributed by atoms with Gasteiger partial charge < -0.3 is 9.47 Å². The zero-order valence-electron chi connectivity index (χ0n) is 16.1. The monoisotopic (exact) mass is 398 g/mol. The molecule has 28 heavy (non-hydrogen) atoms. The lowest BCUT2D eigenvalue weighted by molar-refractivity contribution is 0.0667. The first-order valence-electron chi connectivity index (χ1n) is 9.43. The predicted molar refractivity (Wildman–Crippen MR) is 111 cm³/mol. The van der Waals surface area contributed by atoms with Gasteiger partial charge in [-0.3, -0.25) is 4.79 Å². The van der Waals surface area contributed by atoms with Gasteiger partial charge in [-0.1, -0.05) is 30.7 Å². The van der Waals surface area contributed by atoms with Gasteiger partial charge in [-0.2, -0.15) is 0 Å². The molecule has 0 saturated heterocycles. The van der Waals surface area contributed by atoms with Crippen LogP contribution in [0.3, 0.4) is 0 Å². The minimum atomic E-state index is -0.345. The minimum Gasteiger partial charge on any atom is -0.345 e. The highest BCUT2D eigenvalue weighted by atomic mass is 35.5. The van der Waals surface area contributed by atoms with Crippen LogP contribution in [0.1, 0.15) is 41.9 Å². The Morgan fingerprint density at radius 3 is 2.57 bits per heavy atom. The molecule has 1 aromatic heterocycles. The number of amides is 1. The number of rotatable bonds is 7. The summed E-state index contributed by atoms with van der Waals surface area (Å²) < 4.78 is 15.4. The number of halogens is 2. The maximum atomic E-state index is 13.2. The summed E-state index contributed by atoms with van der Waals surface area (Å²) in [7, 11) is 0. The fourth-order valence-corrected chi connectivity index (χ4v) is 3.37. The molecular weight excluding hydrogens is 375 g/mol. The molecule has 146 valence electrons. The van der Waals surface area contributed by atoms with Gasteiger partial charge in [-0.15, -0.1) is 0 Å². The maximum absolute atomic E-state index is 13.2. The number of nitrogens with zero attached hydrogens (tertiary/aromatic N) is 2. The molecule has 2 aromatic carbocycles. The van der Waals surface area contributed by atoms with E-state index in [-0.39, 0.29) is 17.8 Å². The van der Waals surface area contributed by atoms with Crippen LogP contribution in [-0.4, -0.2) is 21.4 Å². The van der Waals surface area contributed by atoms with Crippen LogP contribution in [0, 0.1) is 5.82 Å².